The quantitative estimate of drug-likeness (QED) is 0.593. The van der Waals surface area contributed by atoms with Crippen LogP contribution in [0.3, 0.4) is 0 Å². The summed E-state index contributed by atoms with van der Waals surface area (Å²) in [6.45, 7) is 9.21. The largest absolute Gasteiger partial charge is 0.465 e. The summed E-state index contributed by atoms with van der Waals surface area (Å²) < 4.78 is 9.38. The monoisotopic (exact) mass is 393 g/mol. The number of methoxy groups -OCH3 is 2. The molecule has 0 saturated heterocycles. The second-order valence-electron chi connectivity index (χ2n) is 6.45. The van der Waals surface area contributed by atoms with Crippen LogP contribution in [-0.2, 0) is 9.47 Å². The van der Waals surface area contributed by atoms with Crippen LogP contribution < -0.4 is 10.6 Å². The molecule has 2 N–H and O–H groups in total. The van der Waals surface area contributed by atoms with E-state index in [9.17, 15) is 14.4 Å². The van der Waals surface area contributed by atoms with Crippen LogP contribution in [0.15, 0.2) is 18.2 Å². The zero-order chi connectivity index (χ0) is 21.1. The van der Waals surface area contributed by atoms with Crippen molar-refractivity contribution < 1.29 is 23.9 Å². The number of anilines is 1. The van der Waals surface area contributed by atoms with E-state index >= 15 is 0 Å². The fourth-order valence-corrected chi connectivity index (χ4v) is 2.80. The SMILES string of the molecule is CCN(CC)CCCC(C)NC(=O)Nc1cc(C(=O)OC)cc(C(=O)OC)c1. The van der Waals surface area contributed by atoms with Crippen LogP contribution in [0.1, 0.15) is 54.3 Å². The molecule has 0 aliphatic heterocycles. The first-order valence-electron chi connectivity index (χ1n) is 9.46. The summed E-state index contributed by atoms with van der Waals surface area (Å²) in [6, 6.07) is 3.83. The van der Waals surface area contributed by atoms with E-state index in [-0.39, 0.29) is 17.2 Å². The Morgan fingerprint density at radius 2 is 1.54 bits per heavy atom. The lowest BCUT2D eigenvalue weighted by atomic mass is 10.1. The van der Waals surface area contributed by atoms with E-state index in [1.807, 2.05) is 6.92 Å². The van der Waals surface area contributed by atoms with Crippen molar-refractivity contribution in [1.82, 2.24) is 10.2 Å². The first-order valence-corrected chi connectivity index (χ1v) is 9.46. The third-order valence-corrected chi connectivity index (χ3v) is 4.42. The maximum absolute atomic E-state index is 12.3. The summed E-state index contributed by atoms with van der Waals surface area (Å²) in [7, 11) is 2.49. The topological polar surface area (TPSA) is 97.0 Å². The second-order valence-corrected chi connectivity index (χ2v) is 6.45. The van der Waals surface area contributed by atoms with Crippen molar-refractivity contribution in [2.75, 3.05) is 39.2 Å². The third kappa shape index (κ3) is 7.56. The summed E-state index contributed by atoms with van der Waals surface area (Å²) in [4.78, 5) is 38.2. The Hall–Kier alpha value is -2.61. The summed E-state index contributed by atoms with van der Waals surface area (Å²) in [5.41, 5.74) is 0.595. The van der Waals surface area contributed by atoms with Gasteiger partial charge in [0.15, 0.2) is 0 Å². The van der Waals surface area contributed by atoms with Crippen LogP contribution in [0.25, 0.3) is 0 Å². The van der Waals surface area contributed by atoms with Gasteiger partial charge in [0.1, 0.15) is 0 Å². The van der Waals surface area contributed by atoms with Gasteiger partial charge in [-0.25, -0.2) is 14.4 Å². The molecular formula is C20H31N3O5. The maximum Gasteiger partial charge on any atom is 0.337 e. The highest BCUT2D eigenvalue weighted by Gasteiger charge is 2.15. The Balaban J connectivity index is 2.71. The van der Waals surface area contributed by atoms with E-state index in [1.165, 1.54) is 32.4 Å². The van der Waals surface area contributed by atoms with E-state index in [2.05, 4.69) is 38.9 Å². The van der Waals surface area contributed by atoms with Crippen molar-refractivity contribution in [2.24, 2.45) is 0 Å². The van der Waals surface area contributed by atoms with Crippen molar-refractivity contribution in [2.45, 2.75) is 39.7 Å². The lowest BCUT2D eigenvalue weighted by molar-refractivity contribution is 0.0599. The van der Waals surface area contributed by atoms with Gasteiger partial charge in [-0.3, -0.25) is 0 Å². The van der Waals surface area contributed by atoms with Gasteiger partial charge in [-0.15, -0.1) is 0 Å². The molecule has 1 aromatic carbocycles. The maximum atomic E-state index is 12.3. The second kappa shape index (κ2) is 12.0. The van der Waals surface area contributed by atoms with Crippen molar-refractivity contribution in [3.05, 3.63) is 29.3 Å². The number of nitrogens with one attached hydrogen (secondary N) is 2. The normalized spacial score (nSPS) is 11.6. The number of urea groups is 1. The van der Waals surface area contributed by atoms with Gasteiger partial charge in [-0.05, 0) is 57.6 Å². The fraction of sp³-hybridized carbons (Fsp3) is 0.550. The molecule has 0 aliphatic carbocycles. The molecule has 8 nitrogen and oxygen atoms in total. The molecule has 1 rings (SSSR count). The molecule has 2 amide bonds. The number of carbonyl (C=O) groups is 3. The molecule has 1 unspecified atom stereocenters. The summed E-state index contributed by atoms with van der Waals surface area (Å²) in [5, 5.41) is 5.52. The minimum absolute atomic E-state index is 0.0144. The van der Waals surface area contributed by atoms with Gasteiger partial charge in [-0.2, -0.15) is 0 Å². The number of nitrogens with zero attached hydrogens (tertiary/aromatic N) is 1. The van der Waals surface area contributed by atoms with Crippen molar-refractivity contribution in [3.8, 4) is 0 Å². The van der Waals surface area contributed by atoms with Crippen LogP contribution in [-0.4, -0.2) is 62.8 Å². The van der Waals surface area contributed by atoms with Gasteiger partial charge < -0.3 is 25.0 Å². The van der Waals surface area contributed by atoms with Gasteiger partial charge >= 0.3 is 18.0 Å². The molecule has 0 bridgehead atoms. The molecule has 28 heavy (non-hydrogen) atoms. The van der Waals surface area contributed by atoms with E-state index in [0.29, 0.717) is 5.69 Å². The first kappa shape index (κ1) is 23.4. The Morgan fingerprint density at radius 1 is 1.00 bits per heavy atom. The minimum atomic E-state index is -0.612. The van der Waals surface area contributed by atoms with Gasteiger partial charge in [0, 0.05) is 11.7 Å². The predicted octanol–water partition coefficient (Wildman–Crippen LogP) is 2.89. The molecule has 0 radical (unpaired) electrons. The average molecular weight is 393 g/mol. The van der Waals surface area contributed by atoms with Crippen LogP contribution in [0.2, 0.25) is 0 Å². The van der Waals surface area contributed by atoms with E-state index in [1.54, 1.807) is 0 Å². The number of rotatable bonds is 10. The predicted molar refractivity (Wildman–Crippen MR) is 108 cm³/mol. The zero-order valence-corrected chi connectivity index (χ0v) is 17.3. The number of amides is 2. The molecule has 0 heterocycles. The molecule has 8 heteroatoms. The van der Waals surface area contributed by atoms with Crippen LogP contribution in [0.5, 0.6) is 0 Å². The van der Waals surface area contributed by atoms with Crippen LogP contribution >= 0.6 is 0 Å². The van der Waals surface area contributed by atoms with Crippen LogP contribution in [0.4, 0.5) is 10.5 Å². The number of hydrogen-bond donors (Lipinski definition) is 2. The lowest BCUT2D eigenvalue weighted by Gasteiger charge is -2.20. The van der Waals surface area contributed by atoms with Gasteiger partial charge in [0.05, 0.1) is 25.3 Å². The Labute approximate surface area is 166 Å². The molecule has 156 valence electrons. The van der Waals surface area contributed by atoms with E-state index < -0.39 is 18.0 Å². The van der Waals surface area contributed by atoms with Crippen molar-refractivity contribution in [1.29, 1.82) is 0 Å². The van der Waals surface area contributed by atoms with Gasteiger partial charge in [-0.1, -0.05) is 13.8 Å². The van der Waals surface area contributed by atoms with Gasteiger partial charge in [0.25, 0.3) is 0 Å². The summed E-state index contributed by atoms with van der Waals surface area (Å²) >= 11 is 0. The smallest absolute Gasteiger partial charge is 0.337 e. The number of hydrogen-bond acceptors (Lipinski definition) is 6. The van der Waals surface area contributed by atoms with E-state index in [0.717, 1.165) is 32.5 Å². The molecule has 1 aromatic rings. The number of carbonyl (C=O) groups excluding carboxylic acids is 3. The fourth-order valence-electron chi connectivity index (χ4n) is 2.80. The molecule has 0 aliphatic rings. The summed E-state index contributed by atoms with van der Waals surface area (Å²) in [6.07, 6.45) is 1.83. The molecule has 0 saturated carbocycles. The van der Waals surface area contributed by atoms with Crippen molar-refractivity contribution >= 4 is 23.7 Å². The highest BCUT2D eigenvalue weighted by molar-refractivity contribution is 5.99. The minimum Gasteiger partial charge on any atom is -0.465 e. The Kier molecular flexibility index (Phi) is 10.0. The van der Waals surface area contributed by atoms with Gasteiger partial charge in [0.2, 0.25) is 0 Å². The van der Waals surface area contributed by atoms with Crippen molar-refractivity contribution in [3.63, 3.8) is 0 Å². The molecule has 0 aromatic heterocycles. The standard InChI is InChI=1S/C20H31N3O5/c1-6-23(7-2)10-8-9-14(3)21-20(26)22-17-12-15(18(24)27-4)11-16(13-17)19(25)28-5/h11-14H,6-10H2,1-5H3,(H2,21,22,26). The Morgan fingerprint density at radius 3 is 2.00 bits per heavy atom. The first-order chi connectivity index (χ1) is 13.3. The highest BCUT2D eigenvalue weighted by atomic mass is 16.5. The highest BCUT2D eigenvalue weighted by Crippen LogP contribution is 2.17. The molecule has 1 atom stereocenters. The number of ether oxygens (including phenoxy) is 2. The molecular weight excluding hydrogens is 362 g/mol. The Bertz CT molecular complexity index is 640. The molecule has 0 spiro atoms. The number of esters is 2. The average Bonchev–Trinajstić information content (AvgIpc) is 2.69. The zero-order valence-electron chi connectivity index (χ0n) is 17.3. The van der Waals surface area contributed by atoms with E-state index in [4.69, 9.17) is 0 Å². The third-order valence-electron chi connectivity index (χ3n) is 4.42. The van der Waals surface area contributed by atoms with Crippen LogP contribution in [0, 0.1) is 0 Å². The lowest BCUT2D eigenvalue weighted by Crippen LogP contribution is -2.36. The number of benzene rings is 1. The summed E-state index contributed by atoms with van der Waals surface area (Å²) in [5.74, 6) is -1.22. The molecule has 0 fully saturated rings.